The molecule has 0 aliphatic heterocycles. The predicted molar refractivity (Wildman–Crippen MR) is 79.2 cm³/mol. The minimum absolute atomic E-state index is 0.164. The lowest BCUT2D eigenvalue weighted by Gasteiger charge is -2.31. The van der Waals surface area contributed by atoms with E-state index in [4.69, 9.17) is 4.74 Å². The summed E-state index contributed by atoms with van der Waals surface area (Å²) in [5.41, 5.74) is 0. The zero-order valence-electron chi connectivity index (χ0n) is 13.0. The molecule has 2 rings (SSSR count). The van der Waals surface area contributed by atoms with Crippen LogP contribution in [0.2, 0.25) is 0 Å². The summed E-state index contributed by atoms with van der Waals surface area (Å²) in [5.74, 6) is 1.73. The lowest BCUT2D eigenvalue weighted by molar-refractivity contribution is -0.156. The summed E-state index contributed by atoms with van der Waals surface area (Å²) in [6, 6.07) is 0. The van der Waals surface area contributed by atoms with Gasteiger partial charge in [-0.1, -0.05) is 26.7 Å². The molecule has 2 saturated carbocycles. The fourth-order valence-corrected chi connectivity index (χ4v) is 3.71. The first kappa shape index (κ1) is 15.8. The standard InChI is InChI=1S/C17H30O3/c1-12(2)14-9-7-13(8-10-14)11-20-17(19)15-5-3-4-6-16(15)18/h12-16,18H,3-11H2,1-2H3. The van der Waals surface area contributed by atoms with Crippen LogP contribution in [0.3, 0.4) is 0 Å². The summed E-state index contributed by atoms with van der Waals surface area (Å²) in [4.78, 5) is 12.0. The Labute approximate surface area is 123 Å². The predicted octanol–water partition coefficient (Wildman–Crippen LogP) is 3.54. The Morgan fingerprint density at radius 1 is 1.10 bits per heavy atom. The van der Waals surface area contributed by atoms with Gasteiger partial charge in [-0.05, 0) is 56.3 Å². The molecule has 0 heterocycles. The third kappa shape index (κ3) is 4.21. The van der Waals surface area contributed by atoms with Crippen molar-refractivity contribution in [2.24, 2.45) is 23.7 Å². The molecule has 3 heteroatoms. The molecule has 0 saturated heterocycles. The first-order chi connectivity index (χ1) is 9.58. The average Bonchev–Trinajstić information content (AvgIpc) is 2.45. The number of hydrogen-bond donors (Lipinski definition) is 1. The number of carbonyl (C=O) groups excluding carboxylic acids is 1. The van der Waals surface area contributed by atoms with Crippen molar-refractivity contribution in [2.45, 2.75) is 71.3 Å². The number of aliphatic hydroxyl groups is 1. The normalized spacial score (nSPS) is 35.0. The second-order valence-corrected chi connectivity index (χ2v) is 7.11. The highest BCUT2D eigenvalue weighted by Crippen LogP contribution is 2.33. The second-order valence-electron chi connectivity index (χ2n) is 7.11. The van der Waals surface area contributed by atoms with Gasteiger partial charge in [0.15, 0.2) is 0 Å². The number of hydrogen-bond acceptors (Lipinski definition) is 3. The highest BCUT2D eigenvalue weighted by Gasteiger charge is 2.31. The highest BCUT2D eigenvalue weighted by atomic mass is 16.5. The Morgan fingerprint density at radius 3 is 2.35 bits per heavy atom. The number of aliphatic hydroxyl groups excluding tert-OH is 1. The van der Waals surface area contributed by atoms with Gasteiger partial charge in [0.05, 0.1) is 18.6 Å². The van der Waals surface area contributed by atoms with Crippen LogP contribution in [0.5, 0.6) is 0 Å². The zero-order valence-corrected chi connectivity index (χ0v) is 13.0. The van der Waals surface area contributed by atoms with E-state index < -0.39 is 6.10 Å². The molecule has 20 heavy (non-hydrogen) atoms. The molecule has 2 fully saturated rings. The molecule has 116 valence electrons. The monoisotopic (exact) mass is 282 g/mol. The van der Waals surface area contributed by atoms with Crippen LogP contribution in [0.15, 0.2) is 0 Å². The molecule has 3 nitrogen and oxygen atoms in total. The van der Waals surface area contributed by atoms with Crippen LogP contribution in [0.25, 0.3) is 0 Å². The SMILES string of the molecule is CC(C)C1CCC(COC(=O)C2CCCCC2O)CC1. The second kappa shape index (κ2) is 7.44. The van der Waals surface area contributed by atoms with Gasteiger partial charge < -0.3 is 9.84 Å². The summed E-state index contributed by atoms with van der Waals surface area (Å²) in [7, 11) is 0. The van der Waals surface area contributed by atoms with Crippen molar-refractivity contribution < 1.29 is 14.6 Å². The zero-order chi connectivity index (χ0) is 14.5. The van der Waals surface area contributed by atoms with Gasteiger partial charge in [-0.2, -0.15) is 0 Å². The maximum Gasteiger partial charge on any atom is 0.311 e. The number of rotatable bonds is 4. The fraction of sp³-hybridized carbons (Fsp3) is 0.941. The Balaban J connectivity index is 1.69. The van der Waals surface area contributed by atoms with E-state index in [1.807, 2.05) is 0 Å². The van der Waals surface area contributed by atoms with E-state index in [9.17, 15) is 9.90 Å². The topological polar surface area (TPSA) is 46.5 Å². The molecule has 2 atom stereocenters. The molecule has 0 radical (unpaired) electrons. The first-order valence-corrected chi connectivity index (χ1v) is 8.42. The van der Waals surface area contributed by atoms with Crippen molar-refractivity contribution in [3.05, 3.63) is 0 Å². The van der Waals surface area contributed by atoms with Gasteiger partial charge in [-0.25, -0.2) is 0 Å². The van der Waals surface area contributed by atoms with E-state index in [0.717, 1.165) is 37.5 Å². The van der Waals surface area contributed by atoms with Gasteiger partial charge >= 0.3 is 5.97 Å². The third-order valence-electron chi connectivity index (χ3n) is 5.33. The average molecular weight is 282 g/mol. The minimum Gasteiger partial charge on any atom is -0.465 e. The first-order valence-electron chi connectivity index (χ1n) is 8.42. The lowest BCUT2D eigenvalue weighted by atomic mass is 9.77. The van der Waals surface area contributed by atoms with Gasteiger partial charge in [-0.3, -0.25) is 4.79 Å². The van der Waals surface area contributed by atoms with Crippen molar-refractivity contribution in [3.8, 4) is 0 Å². The van der Waals surface area contributed by atoms with Gasteiger partial charge in [0.25, 0.3) is 0 Å². The summed E-state index contributed by atoms with van der Waals surface area (Å²) in [6.07, 6.45) is 8.04. The molecule has 2 aliphatic rings. The Morgan fingerprint density at radius 2 is 1.75 bits per heavy atom. The third-order valence-corrected chi connectivity index (χ3v) is 5.33. The molecule has 0 aromatic rings. The Hall–Kier alpha value is -0.570. The van der Waals surface area contributed by atoms with Crippen LogP contribution >= 0.6 is 0 Å². The van der Waals surface area contributed by atoms with Gasteiger partial charge in [0, 0.05) is 0 Å². The summed E-state index contributed by atoms with van der Waals surface area (Å²) in [5, 5.41) is 9.87. The smallest absolute Gasteiger partial charge is 0.311 e. The Kier molecular flexibility index (Phi) is 5.88. The molecular formula is C17H30O3. The highest BCUT2D eigenvalue weighted by molar-refractivity contribution is 5.73. The molecule has 0 aromatic carbocycles. The number of esters is 1. The maximum atomic E-state index is 12.0. The molecule has 0 bridgehead atoms. The molecule has 0 amide bonds. The maximum absolute atomic E-state index is 12.0. The van der Waals surface area contributed by atoms with Crippen molar-refractivity contribution >= 4 is 5.97 Å². The van der Waals surface area contributed by atoms with E-state index in [0.29, 0.717) is 12.5 Å². The van der Waals surface area contributed by atoms with Crippen LogP contribution in [0, 0.1) is 23.7 Å². The number of ether oxygens (including phenoxy) is 1. The largest absolute Gasteiger partial charge is 0.465 e. The molecule has 0 spiro atoms. The summed E-state index contributed by atoms with van der Waals surface area (Å²) >= 11 is 0. The van der Waals surface area contributed by atoms with Gasteiger partial charge in [-0.15, -0.1) is 0 Å². The van der Waals surface area contributed by atoms with Crippen LogP contribution in [0.1, 0.15) is 65.2 Å². The van der Waals surface area contributed by atoms with E-state index >= 15 is 0 Å². The van der Waals surface area contributed by atoms with E-state index in [1.54, 1.807) is 0 Å². The van der Waals surface area contributed by atoms with E-state index in [2.05, 4.69) is 13.8 Å². The van der Waals surface area contributed by atoms with Crippen LogP contribution in [-0.4, -0.2) is 23.8 Å². The fourth-order valence-electron chi connectivity index (χ4n) is 3.71. The summed E-state index contributed by atoms with van der Waals surface area (Å²) < 4.78 is 5.49. The van der Waals surface area contributed by atoms with Crippen molar-refractivity contribution in [2.75, 3.05) is 6.61 Å². The molecular weight excluding hydrogens is 252 g/mol. The minimum atomic E-state index is -0.479. The number of carbonyl (C=O) groups is 1. The van der Waals surface area contributed by atoms with Crippen LogP contribution < -0.4 is 0 Å². The van der Waals surface area contributed by atoms with Crippen LogP contribution in [-0.2, 0) is 9.53 Å². The molecule has 2 aliphatic carbocycles. The Bertz CT molecular complexity index is 305. The molecule has 2 unspecified atom stereocenters. The molecule has 1 N–H and O–H groups in total. The van der Waals surface area contributed by atoms with E-state index in [1.165, 1.54) is 25.7 Å². The lowest BCUT2D eigenvalue weighted by Crippen LogP contribution is -2.34. The van der Waals surface area contributed by atoms with Crippen LogP contribution in [0.4, 0.5) is 0 Å². The van der Waals surface area contributed by atoms with Crippen molar-refractivity contribution in [1.82, 2.24) is 0 Å². The van der Waals surface area contributed by atoms with Crippen molar-refractivity contribution in [3.63, 3.8) is 0 Å². The van der Waals surface area contributed by atoms with Gasteiger partial charge in [0.1, 0.15) is 0 Å². The molecule has 0 aromatic heterocycles. The van der Waals surface area contributed by atoms with E-state index in [-0.39, 0.29) is 11.9 Å². The summed E-state index contributed by atoms with van der Waals surface area (Å²) in [6.45, 7) is 5.16. The van der Waals surface area contributed by atoms with Gasteiger partial charge in [0.2, 0.25) is 0 Å². The quantitative estimate of drug-likeness (QED) is 0.802. The van der Waals surface area contributed by atoms with Crippen molar-refractivity contribution in [1.29, 1.82) is 0 Å².